The van der Waals surface area contributed by atoms with Crippen molar-refractivity contribution in [2.45, 2.75) is 12.6 Å². The van der Waals surface area contributed by atoms with E-state index < -0.39 is 12.8 Å². The third-order valence-electron chi connectivity index (χ3n) is 2.73. The molecule has 114 valence electrons. The number of rotatable bonds is 9. The van der Waals surface area contributed by atoms with Gasteiger partial charge >= 0.3 is 6.18 Å². The molecule has 0 amide bonds. The predicted octanol–water partition coefficient (Wildman–Crippen LogP) is 2.68. The van der Waals surface area contributed by atoms with E-state index in [9.17, 15) is 13.2 Å². The minimum absolute atomic E-state index is 0.0774. The largest absolute Gasteiger partial charge is 0.411 e. The zero-order valence-corrected chi connectivity index (χ0v) is 11.6. The Morgan fingerprint density at radius 2 is 1.85 bits per heavy atom. The zero-order chi connectivity index (χ0) is 14.8. The number of anilines is 1. The van der Waals surface area contributed by atoms with Crippen LogP contribution in [0, 0.1) is 0 Å². The molecule has 0 aromatic heterocycles. The van der Waals surface area contributed by atoms with Crippen molar-refractivity contribution in [3.63, 3.8) is 0 Å². The third kappa shape index (κ3) is 8.01. The van der Waals surface area contributed by atoms with Gasteiger partial charge in [-0.25, -0.2) is 0 Å². The average molecular weight is 290 g/mol. The molecule has 0 saturated heterocycles. The van der Waals surface area contributed by atoms with Crippen molar-refractivity contribution >= 4 is 5.69 Å². The summed E-state index contributed by atoms with van der Waals surface area (Å²) in [6.07, 6.45) is -3.32. The third-order valence-corrected chi connectivity index (χ3v) is 2.73. The van der Waals surface area contributed by atoms with Crippen molar-refractivity contribution in [3.05, 3.63) is 30.3 Å². The molecule has 0 atom stereocenters. The molecule has 0 spiro atoms. The van der Waals surface area contributed by atoms with Crippen LogP contribution in [0.15, 0.2) is 30.3 Å². The first-order chi connectivity index (χ1) is 9.49. The molecule has 0 aliphatic rings. The summed E-state index contributed by atoms with van der Waals surface area (Å²) >= 11 is 0. The summed E-state index contributed by atoms with van der Waals surface area (Å²) in [5.74, 6) is 0. The highest BCUT2D eigenvalue weighted by atomic mass is 19.4. The molecule has 1 aromatic carbocycles. The van der Waals surface area contributed by atoms with Crippen LogP contribution in [-0.4, -0.2) is 46.1 Å². The number of halogens is 3. The smallest absolute Gasteiger partial charge is 0.375 e. The second-order valence-electron chi connectivity index (χ2n) is 4.53. The Morgan fingerprint density at radius 3 is 2.50 bits per heavy atom. The highest BCUT2D eigenvalue weighted by Crippen LogP contribution is 2.14. The summed E-state index contributed by atoms with van der Waals surface area (Å²) in [6.45, 7) is 0.984. The molecule has 0 radical (unpaired) electrons. The van der Waals surface area contributed by atoms with Crippen molar-refractivity contribution in [2.75, 3.05) is 44.8 Å². The average Bonchev–Trinajstić information content (AvgIpc) is 2.41. The van der Waals surface area contributed by atoms with Crippen LogP contribution in [0.1, 0.15) is 6.42 Å². The molecule has 0 aliphatic heterocycles. The van der Waals surface area contributed by atoms with Gasteiger partial charge in [-0.3, -0.25) is 0 Å². The minimum Gasteiger partial charge on any atom is -0.375 e. The number of benzene rings is 1. The summed E-state index contributed by atoms with van der Waals surface area (Å²) in [4.78, 5) is 2.14. The van der Waals surface area contributed by atoms with Gasteiger partial charge in [0.25, 0.3) is 0 Å². The second kappa shape index (κ2) is 8.81. The lowest BCUT2D eigenvalue weighted by Crippen LogP contribution is -2.27. The quantitative estimate of drug-likeness (QED) is 0.708. The highest BCUT2D eigenvalue weighted by Gasteiger charge is 2.27. The standard InChI is InChI=1S/C14H21F3N2O/c1-19(13-6-3-2-4-7-13)10-5-8-18-9-11-20-12-14(15,16)17/h2-4,6-7,18H,5,8-12H2,1H3. The zero-order valence-electron chi connectivity index (χ0n) is 11.6. The molecule has 1 aromatic rings. The predicted molar refractivity (Wildman–Crippen MR) is 74.1 cm³/mol. The van der Waals surface area contributed by atoms with E-state index >= 15 is 0 Å². The van der Waals surface area contributed by atoms with E-state index in [0.717, 1.165) is 25.2 Å². The van der Waals surface area contributed by atoms with Gasteiger partial charge in [0.2, 0.25) is 0 Å². The molecule has 1 N–H and O–H groups in total. The Bertz CT molecular complexity index is 357. The Kier molecular flexibility index (Phi) is 7.40. The maximum absolute atomic E-state index is 11.8. The topological polar surface area (TPSA) is 24.5 Å². The maximum Gasteiger partial charge on any atom is 0.411 e. The van der Waals surface area contributed by atoms with Gasteiger partial charge in [0, 0.05) is 25.8 Å². The summed E-state index contributed by atoms with van der Waals surface area (Å²) in [5.41, 5.74) is 1.15. The number of nitrogens with zero attached hydrogens (tertiary/aromatic N) is 1. The van der Waals surface area contributed by atoms with Crippen LogP contribution in [-0.2, 0) is 4.74 Å². The number of para-hydroxylation sites is 1. The van der Waals surface area contributed by atoms with Crippen molar-refractivity contribution < 1.29 is 17.9 Å². The summed E-state index contributed by atoms with van der Waals surface area (Å²) in [6, 6.07) is 10.0. The number of ether oxygens (including phenoxy) is 1. The van der Waals surface area contributed by atoms with Crippen molar-refractivity contribution in [1.82, 2.24) is 5.32 Å². The van der Waals surface area contributed by atoms with Crippen molar-refractivity contribution in [1.29, 1.82) is 0 Å². The van der Waals surface area contributed by atoms with E-state index in [-0.39, 0.29) is 6.61 Å². The van der Waals surface area contributed by atoms with Gasteiger partial charge in [0.15, 0.2) is 0 Å². The molecule has 0 heterocycles. The van der Waals surface area contributed by atoms with Crippen molar-refractivity contribution in [2.24, 2.45) is 0 Å². The normalized spacial score (nSPS) is 11.6. The highest BCUT2D eigenvalue weighted by molar-refractivity contribution is 5.44. The van der Waals surface area contributed by atoms with E-state index in [0.29, 0.717) is 6.54 Å². The lowest BCUT2D eigenvalue weighted by atomic mass is 10.3. The summed E-state index contributed by atoms with van der Waals surface area (Å²) < 4.78 is 39.9. The summed E-state index contributed by atoms with van der Waals surface area (Å²) in [5, 5.41) is 3.06. The Morgan fingerprint density at radius 1 is 1.15 bits per heavy atom. The molecule has 0 saturated carbocycles. The van der Waals surface area contributed by atoms with Gasteiger partial charge in [-0.2, -0.15) is 13.2 Å². The van der Waals surface area contributed by atoms with Crippen LogP contribution in [0.25, 0.3) is 0 Å². The van der Waals surface area contributed by atoms with Gasteiger partial charge in [-0.1, -0.05) is 18.2 Å². The molecule has 0 aliphatic carbocycles. The van der Waals surface area contributed by atoms with Crippen LogP contribution in [0.3, 0.4) is 0 Å². The van der Waals surface area contributed by atoms with E-state index in [1.54, 1.807) is 0 Å². The molecule has 1 rings (SSSR count). The number of hydrogen-bond acceptors (Lipinski definition) is 3. The van der Waals surface area contributed by atoms with E-state index in [4.69, 9.17) is 0 Å². The first-order valence-electron chi connectivity index (χ1n) is 6.60. The second-order valence-corrected chi connectivity index (χ2v) is 4.53. The molecule has 6 heteroatoms. The maximum atomic E-state index is 11.8. The summed E-state index contributed by atoms with van der Waals surface area (Å²) in [7, 11) is 2.02. The molecule has 0 bridgehead atoms. The number of nitrogens with one attached hydrogen (secondary N) is 1. The first-order valence-corrected chi connectivity index (χ1v) is 6.60. The molecular formula is C14H21F3N2O. The number of alkyl halides is 3. The Balaban J connectivity index is 1.97. The van der Waals surface area contributed by atoms with E-state index in [2.05, 4.69) is 15.0 Å². The van der Waals surface area contributed by atoms with Gasteiger partial charge < -0.3 is 15.0 Å². The minimum atomic E-state index is -4.24. The van der Waals surface area contributed by atoms with Gasteiger partial charge in [-0.05, 0) is 25.1 Å². The van der Waals surface area contributed by atoms with Gasteiger partial charge in [0.1, 0.15) is 6.61 Å². The lowest BCUT2D eigenvalue weighted by molar-refractivity contribution is -0.173. The molecular weight excluding hydrogens is 269 g/mol. The lowest BCUT2D eigenvalue weighted by Gasteiger charge is -2.19. The first kappa shape index (κ1) is 16.8. The van der Waals surface area contributed by atoms with Crippen LogP contribution in [0.2, 0.25) is 0 Å². The Labute approximate surface area is 117 Å². The monoisotopic (exact) mass is 290 g/mol. The van der Waals surface area contributed by atoms with Gasteiger partial charge in [0.05, 0.1) is 6.61 Å². The fourth-order valence-electron chi connectivity index (χ4n) is 1.71. The molecule has 3 nitrogen and oxygen atoms in total. The molecule has 0 fully saturated rings. The van der Waals surface area contributed by atoms with E-state index in [1.165, 1.54) is 0 Å². The fourth-order valence-corrected chi connectivity index (χ4v) is 1.71. The van der Waals surface area contributed by atoms with Crippen molar-refractivity contribution in [3.8, 4) is 0 Å². The van der Waals surface area contributed by atoms with Gasteiger partial charge in [-0.15, -0.1) is 0 Å². The SMILES string of the molecule is CN(CCCNCCOCC(F)(F)F)c1ccccc1. The van der Waals surface area contributed by atoms with E-state index in [1.807, 2.05) is 37.4 Å². The molecule has 20 heavy (non-hydrogen) atoms. The molecule has 0 unspecified atom stereocenters. The Hall–Kier alpha value is -1.27. The number of hydrogen-bond donors (Lipinski definition) is 1. The fraction of sp³-hybridized carbons (Fsp3) is 0.571. The van der Waals surface area contributed by atoms with Crippen LogP contribution >= 0.6 is 0 Å². The van der Waals surface area contributed by atoms with Crippen LogP contribution < -0.4 is 10.2 Å². The van der Waals surface area contributed by atoms with Crippen LogP contribution in [0.4, 0.5) is 18.9 Å². The van der Waals surface area contributed by atoms with Crippen LogP contribution in [0.5, 0.6) is 0 Å².